The molecular formula is C11H19N5O2. The van der Waals surface area contributed by atoms with E-state index in [0.29, 0.717) is 11.7 Å². The Hall–Kier alpha value is -1.63. The van der Waals surface area contributed by atoms with Crippen LogP contribution in [0.3, 0.4) is 0 Å². The summed E-state index contributed by atoms with van der Waals surface area (Å²) in [5, 5.41) is 14.1. The maximum atomic E-state index is 10.9. The molecule has 0 aliphatic carbocycles. The van der Waals surface area contributed by atoms with Gasteiger partial charge in [-0.2, -0.15) is 0 Å². The molecule has 1 aromatic rings. The van der Waals surface area contributed by atoms with Crippen LogP contribution >= 0.6 is 0 Å². The number of rotatable bonds is 4. The number of nitrogens with zero attached hydrogens (tertiary/aromatic N) is 4. The predicted molar refractivity (Wildman–Crippen MR) is 68.7 cm³/mol. The quantitative estimate of drug-likeness (QED) is 0.633. The lowest BCUT2D eigenvalue weighted by Gasteiger charge is -2.32. The summed E-state index contributed by atoms with van der Waals surface area (Å²) in [4.78, 5) is 16.5. The minimum Gasteiger partial charge on any atom is -0.358 e. The third kappa shape index (κ3) is 2.45. The van der Waals surface area contributed by atoms with Gasteiger partial charge in [0.2, 0.25) is 12.1 Å². The molecule has 0 unspecified atom stereocenters. The molecule has 1 fully saturated rings. The highest BCUT2D eigenvalue weighted by atomic mass is 16.6. The number of piperidine rings is 1. The van der Waals surface area contributed by atoms with Crippen LogP contribution in [-0.4, -0.2) is 41.2 Å². The molecule has 1 saturated heterocycles. The third-order valence-electron chi connectivity index (χ3n) is 3.47. The standard InChI is InChI=1S/C11H19N5O2/c1-12-7-9-3-5-15(6-4-9)11-10(16(17)18)13-8-14(11)2/h8-9,12H,3-7H2,1-2H3. The Kier molecular flexibility index (Phi) is 3.81. The fraction of sp³-hybridized carbons (Fsp3) is 0.727. The van der Waals surface area contributed by atoms with Crippen LogP contribution in [0, 0.1) is 16.0 Å². The van der Waals surface area contributed by atoms with E-state index in [4.69, 9.17) is 0 Å². The van der Waals surface area contributed by atoms with Crippen LogP contribution in [0.15, 0.2) is 6.33 Å². The van der Waals surface area contributed by atoms with Gasteiger partial charge in [-0.05, 0) is 42.3 Å². The van der Waals surface area contributed by atoms with E-state index < -0.39 is 4.92 Å². The average Bonchev–Trinajstić information content (AvgIpc) is 2.73. The van der Waals surface area contributed by atoms with Crippen LogP contribution in [-0.2, 0) is 7.05 Å². The normalized spacial score (nSPS) is 17.1. The third-order valence-corrected chi connectivity index (χ3v) is 3.47. The number of hydrogen-bond acceptors (Lipinski definition) is 5. The Morgan fingerprint density at radius 2 is 2.22 bits per heavy atom. The van der Waals surface area contributed by atoms with Gasteiger partial charge in [0.15, 0.2) is 0 Å². The fourth-order valence-electron chi connectivity index (χ4n) is 2.54. The van der Waals surface area contributed by atoms with E-state index in [-0.39, 0.29) is 5.82 Å². The first kappa shape index (κ1) is 12.8. The molecule has 0 amide bonds. The van der Waals surface area contributed by atoms with Crippen LogP contribution in [0.4, 0.5) is 11.6 Å². The first-order chi connectivity index (χ1) is 8.63. The van der Waals surface area contributed by atoms with Crippen molar-refractivity contribution >= 4 is 11.6 Å². The molecule has 7 heteroatoms. The van der Waals surface area contributed by atoms with Crippen molar-refractivity contribution in [2.24, 2.45) is 13.0 Å². The van der Waals surface area contributed by atoms with E-state index in [1.165, 1.54) is 6.33 Å². The van der Waals surface area contributed by atoms with Crippen molar-refractivity contribution in [3.05, 3.63) is 16.4 Å². The summed E-state index contributed by atoms with van der Waals surface area (Å²) in [6.07, 6.45) is 3.62. The number of anilines is 1. The van der Waals surface area contributed by atoms with E-state index >= 15 is 0 Å². The molecule has 0 radical (unpaired) electrons. The van der Waals surface area contributed by atoms with Gasteiger partial charge in [-0.15, -0.1) is 0 Å². The number of hydrogen-bond donors (Lipinski definition) is 1. The van der Waals surface area contributed by atoms with Crippen LogP contribution < -0.4 is 10.2 Å². The average molecular weight is 253 g/mol. The number of aromatic nitrogens is 2. The second-order valence-electron chi connectivity index (χ2n) is 4.75. The molecule has 2 heterocycles. The smallest absolute Gasteiger partial charge is 0.358 e. The second-order valence-corrected chi connectivity index (χ2v) is 4.75. The summed E-state index contributed by atoms with van der Waals surface area (Å²) >= 11 is 0. The van der Waals surface area contributed by atoms with Crippen molar-refractivity contribution in [2.45, 2.75) is 12.8 Å². The molecule has 0 bridgehead atoms. The van der Waals surface area contributed by atoms with Crippen LogP contribution in [0.25, 0.3) is 0 Å². The molecule has 0 saturated carbocycles. The number of imidazole rings is 1. The van der Waals surface area contributed by atoms with E-state index in [9.17, 15) is 10.1 Å². The minimum atomic E-state index is -0.408. The van der Waals surface area contributed by atoms with E-state index in [2.05, 4.69) is 15.2 Å². The maximum absolute atomic E-state index is 10.9. The van der Waals surface area contributed by atoms with Gasteiger partial charge in [0, 0.05) is 20.1 Å². The monoisotopic (exact) mass is 253 g/mol. The van der Waals surface area contributed by atoms with Crippen molar-refractivity contribution in [1.29, 1.82) is 0 Å². The van der Waals surface area contributed by atoms with Gasteiger partial charge in [-0.3, -0.25) is 4.57 Å². The Morgan fingerprint density at radius 3 is 2.78 bits per heavy atom. The minimum absolute atomic E-state index is 0.0374. The molecular weight excluding hydrogens is 234 g/mol. The summed E-state index contributed by atoms with van der Waals surface area (Å²) in [5.41, 5.74) is 0. The highest BCUT2D eigenvalue weighted by molar-refractivity contribution is 5.54. The summed E-state index contributed by atoms with van der Waals surface area (Å²) in [6.45, 7) is 2.72. The molecule has 0 aromatic carbocycles. The van der Waals surface area contributed by atoms with E-state index in [1.54, 1.807) is 11.6 Å². The van der Waals surface area contributed by atoms with Crippen molar-refractivity contribution in [1.82, 2.24) is 14.9 Å². The molecule has 0 atom stereocenters. The Bertz CT molecular complexity index is 423. The van der Waals surface area contributed by atoms with Crippen molar-refractivity contribution in [2.75, 3.05) is 31.6 Å². The maximum Gasteiger partial charge on any atom is 0.406 e. The summed E-state index contributed by atoms with van der Waals surface area (Å²) < 4.78 is 1.73. The Balaban J connectivity index is 2.09. The SMILES string of the molecule is CNCC1CCN(c2c([N+](=O)[O-])ncn2C)CC1. The number of nitro groups is 1. The van der Waals surface area contributed by atoms with Gasteiger partial charge in [0.05, 0.1) is 0 Å². The van der Waals surface area contributed by atoms with Gasteiger partial charge >= 0.3 is 5.82 Å². The molecule has 2 rings (SSSR count). The van der Waals surface area contributed by atoms with Gasteiger partial charge in [0.1, 0.15) is 0 Å². The van der Waals surface area contributed by atoms with Gasteiger partial charge in [-0.25, -0.2) is 0 Å². The van der Waals surface area contributed by atoms with Crippen molar-refractivity contribution < 1.29 is 4.92 Å². The zero-order valence-corrected chi connectivity index (χ0v) is 10.8. The molecule has 1 aliphatic rings. The molecule has 0 spiro atoms. The van der Waals surface area contributed by atoms with Crippen LogP contribution in [0.1, 0.15) is 12.8 Å². The van der Waals surface area contributed by atoms with Crippen LogP contribution in [0.2, 0.25) is 0 Å². The van der Waals surface area contributed by atoms with Crippen molar-refractivity contribution in [3.63, 3.8) is 0 Å². The zero-order valence-electron chi connectivity index (χ0n) is 10.8. The lowest BCUT2D eigenvalue weighted by atomic mass is 9.97. The van der Waals surface area contributed by atoms with E-state index in [0.717, 1.165) is 32.5 Å². The summed E-state index contributed by atoms with van der Waals surface area (Å²) in [7, 11) is 3.76. The van der Waals surface area contributed by atoms with Gasteiger partial charge in [0.25, 0.3) is 0 Å². The number of aryl methyl sites for hydroxylation is 1. The molecule has 1 aromatic heterocycles. The lowest BCUT2D eigenvalue weighted by molar-refractivity contribution is -0.388. The van der Waals surface area contributed by atoms with Gasteiger partial charge in [-0.1, -0.05) is 0 Å². The Morgan fingerprint density at radius 1 is 1.56 bits per heavy atom. The number of nitrogens with one attached hydrogen (secondary N) is 1. The largest absolute Gasteiger partial charge is 0.406 e. The fourth-order valence-corrected chi connectivity index (χ4v) is 2.54. The second kappa shape index (κ2) is 5.34. The highest BCUT2D eigenvalue weighted by Crippen LogP contribution is 2.29. The van der Waals surface area contributed by atoms with Gasteiger partial charge < -0.3 is 20.3 Å². The molecule has 100 valence electrons. The molecule has 18 heavy (non-hydrogen) atoms. The van der Waals surface area contributed by atoms with Crippen LogP contribution in [0.5, 0.6) is 0 Å². The predicted octanol–water partition coefficient (Wildman–Crippen LogP) is 0.764. The zero-order chi connectivity index (χ0) is 13.1. The Labute approximate surface area is 106 Å². The van der Waals surface area contributed by atoms with Crippen molar-refractivity contribution in [3.8, 4) is 0 Å². The molecule has 1 aliphatic heterocycles. The highest BCUT2D eigenvalue weighted by Gasteiger charge is 2.28. The summed E-state index contributed by atoms with van der Waals surface area (Å²) in [5.74, 6) is 1.26. The molecule has 1 N–H and O–H groups in total. The van der Waals surface area contributed by atoms with E-state index in [1.807, 2.05) is 7.05 Å². The first-order valence-electron chi connectivity index (χ1n) is 6.18. The summed E-state index contributed by atoms with van der Waals surface area (Å²) in [6, 6.07) is 0. The first-order valence-corrected chi connectivity index (χ1v) is 6.18. The molecule has 7 nitrogen and oxygen atoms in total. The lowest BCUT2D eigenvalue weighted by Crippen LogP contribution is -2.37. The topological polar surface area (TPSA) is 76.2 Å².